The molecule has 13 rings (SSSR count). The highest BCUT2D eigenvalue weighted by molar-refractivity contribution is 6.16. The maximum Gasteiger partial charge on any atom is 0.0541 e. The first-order valence-electron chi connectivity index (χ1n) is 25.3. The summed E-state index contributed by atoms with van der Waals surface area (Å²) >= 11 is 0. The standard InChI is InChI=1S/C69H56N2/c1-43-15-13-17-52(37-43)70-63-23-11-9-19-55(63)60-40-49(30-35-65(60)70)46-25-27-47(28-26-46)67-57-21-7-8-22-58(57)68(62-42-51(69(4,5)6)32-34-59(62)67)54-33-29-48(39-45(54)3)50-31-36-66-61(41-50)56-20-10-12-24-64(56)71(66)53-18-14-16-44(2)38-53/h7-42,45,54H,1-6H3. The molecule has 2 unspecified atom stereocenters. The van der Waals surface area contributed by atoms with E-state index in [2.05, 4.69) is 269 Å². The molecule has 0 aliphatic heterocycles. The molecule has 2 aromatic heterocycles. The van der Waals surface area contributed by atoms with Crippen LogP contribution < -0.4 is 0 Å². The van der Waals surface area contributed by atoms with E-state index in [0.29, 0.717) is 0 Å². The molecule has 12 aromatic rings. The van der Waals surface area contributed by atoms with Crippen molar-refractivity contribution in [2.45, 2.75) is 52.9 Å². The number of hydrogen-bond donors (Lipinski definition) is 0. The van der Waals surface area contributed by atoms with Gasteiger partial charge in [-0.25, -0.2) is 0 Å². The second kappa shape index (κ2) is 16.5. The zero-order valence-corrected chi connectivity index (χ0v) is 41.3. The second-order valence-corrected chi connectivity index (χ2v) is 21.1. The molecule has 342 valence electrons. The minimum Gasteiger partial charge on any atom is -0.309 e. The first-order chi connectivity index (χ1) is 34.6. The van der Waals surface area contributed by atoms with Crippen LogP contribution in [0, 0.1) is 19.8 Å². The van der Waals surface area contributed by atoms with Crippen molar-refractivity contribution in [3.8, 4) is 33.6 Å². The summed E-state index contributed by atoms with van der Waals surface area (Å²) in [4.78, 5) is 0. The van der Waals surface area contributed by atoms with Crippen molar-refractivity contribution in [1.29, 1.82) is 0 Å². The summed E-state index contributed by atoms with van der Waals surface area (Å²) in [6.07, 6.45) is 7.41. The van der Waals surface area contributed by atoms with E-state index in [1.54, 1.807) is 0 Å². The molecule has 71 heavy (non-hydrogen) atoms. The van der Waals surface area contributed by atoms with Gasteiger partial charge in [-0.3, -0.25) is 0 Å². The van der Waals surface area contributed by atoms with Crippen LogP contribution in [-0.2, 0) is 5.41 Å². The van der Waals surface area contributed by atoms with Gasteiger partial charge in [0.25, 0.3) is 0 Å². The summed E-state index contributed by atoms with van der Waals surface area (Å²) in [6.45, 7) is 13.7. The Labute approximate surface area is 416 Å². The second-order valence-electron chi connectivity index (χ2n) is 21.1. The molecule has 0 bridgehead atoms. The fourth-order valence-electron chi connectivity index (χ4n) is 11.9. The van der Waals surface area contributed by atoms with Crippen LogP contribution in [0.4, 0.5) is 0 Å². The quantitative estimate of drug-likeness (QED) is 0.147. The zero-order chi connectivity index (χ0) is 48.1. The van der Waals surface area contributed by atoms with Crippen LogP contribution in [0.25, 0.3) is 104 Å². The van der Waals surface area contributed by atoms with E-state index in [-0.39, 0.29) is 17.3 Å². The van der Waals surface area contributed by atoms with Crippen molar-refractivity contribution in [1.82, 2.24) is 9.13 Å². The Hall–Kier alpha value is -8.20. The molecule has 2 atom stereocenters. The lowest BCUT2D eigenvalue weighted by Gasteiger charge is -2.29. The van der Waals surface area contributed by atoms with Crippen molar-refractivity contribution in [3.63, 3.8) is 0 Å². The van der Waals surface area contributed by atoms with Crippen molar-refractivity contribution in [3.05, 3.63) is 246 Å². The van der Waals surface area contributed by atoms with E-state index in [9.17, 15) is 0 Å². The van der Waals surface area contributed by atoms with Gasteiger partial charge in [0, 0.05) is 38.8 Å². The van der Waals surface area contributed by atoms with Gasteiger partial charge in [0.1, 0.15) is 0 Å². The summed E-state index contributed by atoms with van der Waals surface area (Å²) in [5, 5.41) is 10.4. The van der Waals surface area contributed by atoms with Gasteiger partial charge in [0.2, 0.25) is 0 Å². The zero-order valence-electron chi connectivity index (χ0n) is 41.3. The Bertz CT molecular complexity index is 4180. The number of allylic oxidation sites excluding steroid dienone is 4. The minimum atomic E-state index is -0.00540. The highest BCUT2D eigenvalue weighted by Crippen LogP contribution is 2.48. The molecule has 1 aliphatic rings. The molecule has 0 N–H and O–H groups in total. The van der Waals surface area contributed by atoms with E-state index in [1.807, 2.05) is 0 Å². The van der Waals surface area contributed by atoms with E-state index >= 15 is 0 Å². The van der Waals surface area contributed by atoms with Crippen LogP contribution in [0.2, 0.25) is 0 Å². The van der Waals surface area contributed by atoms with Gasteiger partial charge in [0.15, 0.2) is 0 Å². The normalized spacial score (nSPS) is 15.2. The lowest BCUT2D eigenvalue weighted by Crippen LogP contribution is -2.13. The van der Waals surface area contributed by atoms with Gasteiger partial charge in [-0.05, 0) is 163 Å². The topological polar surface area (TPSA) is 9.86 Å². The Balaban J connectivity index is 0.902. The fraction of sp³-hybridized carbons (Fsp3) is 0.130. The van der Waals surface area contributed by atoms with Crippen LogP contribution in [-0.4, -0.2) is 9.13 Å². The third kappa shape index (κ3) is 7.07. The molecule has 0 fully saturated rings. The van der Waals surface area contributed by atoms with Gasteiger partial charge in [-0.2, -0.15) is 0 Å². The average molecular weight is 913 g/mol. The Morgan fingerprint density at radius 2 is 0.901 bits per heavy atom. The monoisotopic (exact) mass is 912 g/mol. The third-order valence-electron chi connectivity index (χ3n) is 15.5. The maximum atomic E-state index is 2.52. The van der Waals surface area contributed by atoms with Crippen molar-refractivity contribution in [2.24, 2.45) is 5.92 Å². The fourth-order valence-corrected chi connectivity index (χ4v) is 11.9. The molecular weight excluding hydrogens is 857 g/mol. The van der Waals surface area contributed by atoms with Gasteiger partial charge in [0.05, 0.1) is 22.1 Å². The van der Waals surface area contributed by atoms with Crippen molar-refractivity contribution >= 4 is 70.7 Å². The number of fused-ring (bicyclic) bond motifs is 8. The van der Waals surface area contributed by atoms with Crippen molar-refractivity contribution in [2.75, 3.05) is 0 Å². The van der Waals surface area contributed by atoms with E-state index < -0.39 is 0 Å². The largest absolute Gasteiger partial charge is 0.309 e. The summed E-state index contributed by atoms with van der Waals surface area (Å²) in [6, 6.07) is 75.1. The minimum absolute atomic E-state index is 0.00540. The SMILES string of the molecule is Cc1cccc(-n2c3ccccc3c3cc(C4=CC(C)C(c5c6ccccc6c(-c6ccc(-c7ccc8c(c7)c7ccccc7n8-c7cccc(C)c7)cc6)c6ccc(C(C)(C)C)cc56)C=C4)ccc32)c1. The number of aryl methyl sites for hydroxylation is 2. The van der Waals surface area contributed by atoms with Crippen LogP contribution in [0.3, 0.4) is 0 Å². The highest BCUT2D eigenvalue weighted by atomic mass is 15.0. The molecule has 1 aliphatic carbocycles. The van der Waals surface area contributed by atoms with Crippen LogP contribution in [0.1, 0.15) is 61.4 Å². The number of para-hydroxylation sites is 2. The first kappa shape index (κ1) is 42.9. The van der Waals surface area contributed by atoms with E-state index in [1.165, 1.54) is 132 Å². The molecule has 0 radical (unpaired) electrons. The van der Waals surface area contributed by atoms with Crippen LogP contribution in [0.5, 0.6) is 0 Å². The summed E-state index contributed by atoms with van der Waals surface area (Å²) in [7, 11) is 0. The molecule has 2 heteroatoms. The number of nitrogens with zero attached hydrogens (tertiary/aromatic N) is 2. The molecule has 0 saturated heterocycles. The van der Waals surface area contributed by atoms with Crippen molar-refractivity contribution < 1.29 is 0 Å². The number of aromatic nitrogens is 2. The first-order valence-corrected chi connectivity index (χ1v) is 25.3. The average Bonchev–Trinajstić information content (AvgIpc) is 3.90. The van der Waals surface area contributed by atoms with Crippen LogP contribution >= 0.6 is 0 Å². The lowest BCUT2D eigenvalue weighted by molar-refractivity contribution is 0.591. The number of hydrogen-bond acceptors (Lipinski definition) is 0. The number of benzene rings is 10. The van der Waals surface area contributed by atoms with Gasteiger partial charge < -0.3 is 9.13 Å². The van der Waals surface area contributed by atoms with E-state index in [4.69, 9.17) is 0 Å². The Kier molecular flexibility index (Phi) is 9.94. The summed E-state index contributed by atoms with van der Waals surface area (Å²) in [5.74, 6) is 0.453. The molecule has 2 heterocycles. The molecule has 0 spiro atoms. The number of rotatable bonds is 6. The molecule has 0 amide bonds. The predicted octanol–water partition coefficient (Wildman–Crippen LogP) is 18.8. The third-order valence-corrected chi connectivity index (χ3v) is 15.5. The summed E-state index contributed by atoms with van der Waals surface area (Å²) < 4.78 is 4.82. The van der Waals surface area contributed by atoms with Gasteiger partial charge >= 0.3 is 0 Å². The Morgan fingerprint density at radius 3 is 1.49 bits per heavy atom. The Morgan fingerprint density at radius 1 is 0.394 bits per heavy atom. The summed E-state index contributed by atoms with van der Waals surface area (Å²) in [5.41, 5.74) is 20.1. The molecule has 2 nitrogen and oxygen atoms in total. The smallest absolute Gasteiger partial charge is 0.0541 e. The molecular formula is C69H56N2. The lowest BCUT2D eigenvalue weighted by atomic mass is 9.75. The highest BCUT2D eigenvalue weighted by Gasteiger charge is 2.27. The van der Waals surface area contributed by atoms with Gasteiger partial charge in [-0.15, -0.1) is 0 Å². The predicted molar refractivity (Wildman–Crippen MR) is 305 cm³/mol. The van der Waals surface area contributed by atoms with E-state index in [0.717, 1.165) is 0 Å². The van der Waals surface area contributed by atoms with Crippen LogP contribution in [0.15, 0.2) is 218 Å². The maximum absolute atomic E-state index is 2.52. The molecule has 10 aromatic carbocycles. The molecule has 0 saturated carbocycles. The van der Waals surface area contributed by atoms with Gasteiger partial charge in [-0.1, -0.05) is 185 Å².